The lowest BCUT2D eigenvalue weighted by Gasteiger charge is -2.27. The Balaban J connectivity index is 1.90. The molecule has 2 N–H and O–H groups in total. The second-order valence-corrected chi connectivity index (χ2v) is 3.03. The summed E-state index contributed by atoms with van der Waals surface area (Å²) in [7, 11) is 0. The Morgan fingerprint density at radius 2 is 2.60 bits per heavy atom. The summed E-state index contributed by atoms with van der Waals surface area (Å²) in [4.78, 5) is 4.01. The molecule has 0 atom stereocenters. The summed E-state index contributed by atoms with van der Waals surface area (Å²) in [5.41, 5.74) is 0. The zero-order valence-corrected chi connectivity index (χ0v) is 6.19. The maximum Gasteiger partial charge on any atom is 0.202 e. The Kier molecular flexibility index (Phi) is 1.52. The molecule has 10 heavy (non-hydrogen) atoms. The van der Waals surface area contributed by atoms with E-state index >= 15 is 0 Å². The monoisotopic (exact) mass is 156 g/mol. The number of rotatable bonds is 2. The molecule has 2 heterocycles. The van der Waals surface area contributed by atoms with E-state index in [1.807, 2.05) is 0 Å². The van der Waals surface area contributed by atoms with E-state index in [9.17, 15) is 0 Å². The minimum Gasteiger partial charge on any atom is -0.355 e. The molecule has 0 aliphatic carbocycles. The Bertz CT molecular complexity index is 193. The van der Waals surface area contributed by atoms with Crippen molar-refractivity contribution < 1.29 is 0 Å². The van der Waals surface area contributed by atoms with Crippen LogP contribution >= 0.6 is 11.5 Å². The highest BCUT2D eigenvalue weighted by molar-refractivity contribution is 7.09. The summed E-state index contributed by atoms with van der Waals surface area (Å²) in [6.45, 7) is 2.08. The molecular formula is C5H8N4S. The topological polar surface area (TPSA) is 49.8 Å². The summed E-state index contributed by atoms with van der Waals surface area (Å²) in [5, 5.41) is 7.33. The summed E-state index contributed by atoms with van der Waals surface area (Å²) in [6, 6.07) is 0.563. The number of aromatic nitrogens is 2. The summed E-state index contributed by atoms with van der Waals surface area (Å²) in [5.74, 6) is 0. The Labute approximate surface area is 62.8 Å². The average Bonchev–Trinajstić information content (AvgIpc) is 2.29. The molecule has 54 valence electrons. The fourth-order valence-electron chi connectivity index (χ4n) is 0.802. The van der Waals surface area contributed by atoms with Gasteiger partial charge in [-0.05, 0) is 0 Å². The van der Waals surface area contributed by atoms with Crippen LogP contribution in [0.2, 0.25) is 0 Å². The highest BCUT2D eigenvalue weighted by atomic mass is 32.1. The number of nitrogens with zero attached hydrogens (tertiary/aromatic N) is 2. The molecule has 1 aliphatic rings. The molecule has 0 aromatic carbocycles. The lowest BCUT2D eigenvalue weighted by atomic mass is 10.2. The van der Waals surface area contributed by atoms with Crippen LogP contribution in [0.4, 0.5) is 5.13 Å². The molecule has 0 bridgehead atoms. The quantitative estimate of drug-likeness (QED) is 0.629. The van der Waals surface area contributed by atoms with Gasteiger partial charge in [0, 0.05) is 24.6 Å². The summed E-state index contributed by atoms with van der Waals surface area (Å²) in [6.07, 6.45) is 1.57. The molecule has 1 aromatic heterocycles. The molecule has 2 rings (SSSR count). The van der Waals surface area contributed by atoms with Gasteiger partial charge in [-0.15, -0.1) is 0 Å². The van der Waals surface area contributed by atoms with Crippen LogP contribution in [0.1, 0.15) is 0 Å². The van der Waals surface area contributed by atoms with Gasteiger partial charge in [-0.25, -0.2) is 4.98 Å². The lowest BCUT2D eigenvalue weighted by molar-refractivity contribution is 0.472. The smallest absolute Gasteiger partial charge is 0.202 e. The highest BCUT2D eigenvalue weighted by Gasteiger charge is 2.16. The highest BCUT2D eigenvalue weighted by Crippen LogP contribution is 2.09. The van der Waals surface area contributed by atoms with Gasteiger partial charge in [0.1, 0.15) is 6.33 Å². The van der Waals surface area contributed by atoms with Gasteiger partial charge in [0.2, 0.25) is 5.13 Å². The zero-order valence-electron chi connectivity index (χ0n) is 5.37. The maximum atomic E-state index is 4.01. The van der Waals surface area contributed by atoms with Crippen LogP contribution in [-0.4, -0.2) is 28.5 Å². The van der Waals surface area contributed by atoms with Gasteiger partial charge < -0.3 is 10.6 Å². The van der Waals surface area contributed by atoms with E-state index in [0.717, 1.165) is 18.2 Å². The van der Waals surface area contributed by atoms with Gasteiger partial charge in [0.15, 0.2) is 0 Å². The molecule has 1 fully saturated rings. The molecule has 0 saturated carbocycles. The van der Waals surface area contributed by atoms with Gasteiger partial charge in [0.05, 0.1) is 6.04 Å². The van der Waals surface area contributed by atoms with Crippen molar-refractivity contribution in [3.05, 3.63) is 6.33 Å². The van der Waals surface area contributed by atoms with Gasteiger partial charge in [-0.3, -0.25) is 0 Å². The largest absolute Gasteiger partial charge is 0.355 e. The van der Waals surface area contributed by atoms with Crippen molar-refractivity contribution >= 4 is 16.7 Å². The van der Waals surface area contributed by atoms with Crippen molar-refractivity contribution in [1.29, 1.82) is 0 Å². The van der Waals surface area contributed by atoms with Crippen LogP contribution in [0.25, 0.3) is 0 Å². The SMILES string of the molecule is c1nsc(NC2CNC2)n1. The normalized spacial score (nSPS) is 18.4. The third-order valence-electron chi connectivity index (χ3n) is 1.47. The van der Waals surface area contributed by atoms with E-state index in [0.29, 0.717) is 6.04 Å². The molecule has 1 aromatic rings. The van der Waals surface area contributed by atoms with Crippen molar-refractivity contribution in [3.8, 4) is 0 Å². The predicted molar refractivity (Wildman–Crippen MR) is 40.2 cm³/mol. The number of hydrogen-bond acceptors (Lipinski definition) is 5. The van der Waals surface area contributed by atoms with Crippen LogP contribution in [0.3, 0.4) is 0 Å². The summed E-state index contributed by atoms with van der Waals surface area (Å²) < 4.78 is 3.88. The van der Waals surface area contributed by atoms with E-state index in [4.69, 9.17) is 0 Å². The molecule has 5 heteroatoms. The van der Waals surface area contributed by atoms with Crippen LogP contribution < -0.4 is 10.6 Å². The zero-order chi connectivity index (χ0) is 6.81. The second-order valence-electron chi connectivity index (χ2n) is 2.25. The van der Waals surface area contributed by atoms with Gasteiger partial charge in [0.25, 0.3) is 0 Å². The molecule has 4 nitrogen and oxygen atoms in total. The molecule has 0 spiro atoms. The Hall–Kier alpha value is -0.680. The standard InChI is InChI=1S/C5H8N4S/c1-4(2-6-1)9-5-7-3-8-10-5/h3-4,6H,1-2H2,(H,7,8,9). The Morgan fingerprint density at radius 1 is 1.70 bits per heavy atom. The van der Waals surface area contributed by atoms with Crippen molar-refractivity contribution in [2.45, 2.75) is 6.04 Å². The van der Waals surface area contributed by atoms with E-state index in [1.165, 1.54) is 11.5 Å². The van der Waals surface area contributed by atoms with Gasteiger partial charge in [-0.1, -0.05) is 0 Å². The molecular weight excluding hydrogens is 148 g/mol. The molecule has 0 unspecified atom stereocenters. The first-order valence-electron chi connectivity index (χ1n) is 3.19. The summed E-state index contributed by atoms with van der Waals surface area (Å²) >= 11 is 1.40. The fourth-order valence-corrected chi connectivity index (χ4v) is 1.31. The van der Waals surface area contributed by atoms with Crippen LogP contribution in [0.15, 0.2) is 6.33 Å². The minimum atomic E-state index is 0.563. The fraction of sp³-hybridized carbons (Fsp3) is 0.600. The number of hydrogen-bond donors (Lipinski definition) is 2. The number of nitrogens with one attached hydrogen (secondary N) is 2. The number of anilines is 1. The third-order valence-corrected chi connectivity index (χ3v) is 2.07. The van der Waals surface area contributed by atoms with Gasteiger partial charge >= 0.3 is 0 Å². The first-order valence-corrected chi connectivity index (χ1v) is 3.96. The van der Waals surface area contributed by atoms with E-state index in [1.54, 1.807) is 6.33 Å². The van der Waals surface area contributed by atoms with E-state index in [2.05, 4.69) is 20.0 Å². The third kappa shape index (κ3) is 1.10. The van der Waals surface area contributed by atoms with Crippen molar-refractivity contribution in [3.63, 3.8) is 0 Å². The first-order chi connectivity index (χ1) is 4.95. The van der Waals surface area contributed by atoms with E-state index < -0.39 is 0 Å². The van der Waals surface area contributed by atoms with Crippen molar-refractivity contribution in [2.75, 3.05) is 18.4 Å². The van der Waals surface area contributed by atoms with Crippen LogP contribution in [0, 0.1) is 0 Å². The Morgan fingerprint density at radius 3 is 3.10 bits per heavy atom. The predicted octanol–water partition coefficient (Wildman–Crippen LogP) is -0.0782. The van der Waals surface area contributed by atoms with Crippen molar-refractivity contribution in [2.24, 2.45) is 0 Å². The maximum absolute atomic E-state index is 4.01. The van der Waals surface area contributed by atoms with Crippen LogP contribution in [-0.2, 0) is 0 Å². The van der Waals surface area contributed by atoms with Gasteiger partial charge in [-0.2, -0.15) is 4.37 Å². The second kappa shape index (κ2) is 2.51. The molecule has 0 radical (unpaired) electrons. The minimum absolute atomic E-state index is 0.563. The van der Waals surface area contributed by atoms with Crippen molar-refractivity contribution in [1.82, 2.24) is 14.7 Å². The van der Waals surface area contributed by atoms with E-state index in [-0.39, 0.29) is 0 Å². The molecule has 1 saturated heterocycles. The molecule has 0 amide bonds. The first kappa shape index (κ1) is 6.06. The average molecular weight is 156 g/mol. The lowest BCUT2D eigenvalue weighted by Crippen LogP contribution is -2.51. The van der Waals surface area contributed by atoms with Crippen LogP contribution in [0.5, 0.6) is 0 Å². The molecule has 1 aliphatic heterocycles.